The molecule has 1 aliphatic carbocycles. The Labute approximate surface area is 135 Å². The molecule has 1 saturated carbocycles. The molecule has 3 rings (SSSR count). The fourth-order valence-corrected chi connectivity index (χ4v) is 3.17. The van der Waals surface area contributed by atoms with Gasteiger partial charge in [0.1, 0.15) is 5.75 Å². The van der Waals surface area contributed by atoms with Gasteiger partial charge in [0.15, 0.2) is 0 Å². The molecule has 0 bridgehead atoms. The molecule has 1 aliphatic rings. The van der Waals surface area contributed by atoms with Gasteiger partial charge < -0.3 is 10.1 Å². The van der Waals surface area contributed by atoms with Crippen LogP contribution in [0.15, 0.2) is 42.5 Å². The molecule has 2 aromatic rings. The zero-order valence-corrected chi connectivity index (χ0v) is 13.3. The lowest BCUT2D eigenvalue weighted by atomic mass is 9.76. The Morgan fingerprint density at radius 3 is 2.38 bits per heavy atom. The minimum absolute atomic E-state index is 0.468. The number of benzene rings is 2. The smallest absolute Gasteiger partial charge is 0.118 e. The standard InChI is InChI=1S/C17H17Cl2NO/c1-21-15-5-2-11(3-6-15)12-8-14(9-12)20-17-7-4-13(18)10-16(17)19/h2-7,10,12,14,20H,8-9H2,1H3. The second kappa shape index (κ2) is 6.17. The van der Waals surface area contributed by atoms with Crippen LogP contribution >= 0.6 is 23.2 Å². The molecule has 2 aromatic carbocycles. The summed E-state index contributed by atoms with van der Waals surface area (Å²) in [5, 5.41) is 4.82. The minimum atomic E-state index is 0.468. The Hall–Kier alpha value is -1.38. The quantitative estimate of drug-likeness (QED) is 0.818. The summed E-state index contributed by atoms with van der Waals surface area (Å²) < 4.78 is 5.19. The minimum Gasteiger partial charge on any atom is -0.497 e. The molecule has 0 radical (unpaired) electrons. The van der Waals surface area contributed by atoms with Gasteiger partial charge in [0.05, 0.1) is 17.8 Å². The van der Waals surface area contributed by atoms with Crippen LogP contribution in [0.1, 0.15) is 24.3 Å². The van der Waals surface area contributed by atoms with Gasteiger partial charge in [-0.3, -0.25) is 0 Å². The number of methoxy groups -OCH3 is 1. The number of rotatable bonds is 4. The molecule has 110 valence electrons. The average molecular weight is 322 g/mol. The summed E-state index contributed by atoms with van der Waals surface area (Å²) in [6, 6.07) is 14.4. The predicted molar refractivity (Wildman–Crippen MR) is 88.8 cm³/mol. The zero-order valence-electron chi connectivity index (χ0n) is 11.8. The van der Waals surface area contributed by atoms with Crippen molar-refractivity contribution in [1.82, 2.24) is 0 Å². The van der Waals surface area contributed by atoms with Crippen LogP contribution < -0.4 is 10.1 Å². The van der Waals surface area contributed by atoms with Crippen LogP contribution in [0.5, 0.6) is 5.75 Å². The summed E-state index contributed by atoms with van der Waals surface area (Å²) in [7, 11) is 1.69. The summed E-state index contributed by atoms with van der Waals surface area (Å²) in [4.78, 5) is 0. The van der Waals surface area contributed by atoms with Crippen molar-refractivity contribution in [2.24, 2.45) is 0 Å². The third kappa shape index (κ3) is 3.28. The van der Waals surface area contributed by atoms with Crippen molar-refractivity contribution >= 4 is 28.9 Å². The lowest BCUT2D eigenvalue weighted by Gasteiger charge is -2.37. The van der Waals surface area contributed by atoms with Crippen LogP contribution in [0.3, 0.4) is 0 Å². The fraction of sp³-hybridized carbons (Fsp3) is 0.294. The number of anilines is 1. The third-order valence-electron chi connectivity index (χ3n) is 4.02. The van der Waals surface area contributed by atoms with Gasteiger partial charge in [0, 0.05) is 11.1 Å². The van der Waals surface area contributed by atoms with E-state index in [4.69, 9.17) is 27.9 Å². The van der Waals surface area contributed by atoms with Crippen molar-refractivity contribution in [3.8, 4) is 5.75 Å². The number of hydrogen-bond acceptors (Lipinski definition) is 2. The van der Waals surface area contributed by atoms with Gasteiger partial charge in [-0.25, -0.2) is 0 Å². The van der Waals surface area contributed by atoms with Crippen molar-refractivity contribution in [1.29, 1.82) is 0 Å². The lowest BCUT2D eigenvalue weighted by Crippen LogP contribution is -2.34. The van der Waals surface area contributed by atoms with Crippen molar-refractivity contribution < 1.29 is 4.74 Å². The molecule has 0 aromatic heterocycles. The van der Waals surface area contributed by atoms with Gasteiger partial charge >= 0.3 is 0 Å². The number of halogens is 2. The molecule has 0 heterocycles. The Kier molecular flexibility index (Phi) is 4.27. The van der Waals surface area contributed by atoms with E-state index in [1.807, 2.05) is 24.3 Å². The fourth-order valence-electron chi connectivity index (χ4n) is 2.71. The Morgan fingerprint density at radius 2 is 1.76 bits per heavy atom. The second-order valence-corrected chi connectivity index (χ2v) is 6.25. The third-order valence-corrected chi connectivity index (χ3v) is 4.56. The SMILES string of the molecule is COc1ccc(C2CC(Nc3ccc(Cl)cc3Cl)C2)cc1. The van der Waals surface area contributed by atoms with Gasteiger partial charge in [-0.2, -0.15) is 0 Å². The highest BCUT2D eigenvalue weighted by molar-refractivity contribution is 6.36. The zero-order chi connectivity index (χ0) is 14.8. The highest BCUT2D eigenvalue weighted by Gasteiger charge is 2.30. The van der Waals surface area contributed by atoms with Crippen LogP contribution in [0.25, 0.3) is 0 Å². The van der Waals surface area contributed by atoms with Gasteiger partial charge in [0.2, 0.25) is 0 Å². The predicted octanol–water partition coefficient (Wildman–Crippen LogP) is 5.36. The summed E-state index contributed by atoms with van der Waals surface area (Å²) in [6.45, 7) is 0. The van der Waals surface area contributed by atoms with Crippen molar-refractivity contribution in [3.05, 3.63) is 58.1 Å². The lowest BCUT2D eigenvalue weighted by molar-refractivity contribution is 0.373. The number of ether oxygens (including phenoxy) is 1. The normalized spacial score (nSPS) is 20.7. The van der Waals surface area contributed by atoms with E-state index in [0.29, 0.717) is 22.0 Å². The molecule has 0 atom stereocenters. The van der Waals surface area contributed by atoms with E-state index in [1.54, 1.807) is 13.2 Å². The molecular formula is C17H17Cl2NO. The van der Waals surface area contributed by atoms with Gasteiger partial charge in [-0.05, 0) is 54.7 Å². The summed E-state index contributed by atoms with van der Waals surface area (Å²) in [5.74, 6) is 1.51. The first-order valence-corrected chi connectivity index (χ1v) is 7.77. The van der Waals surface area contributed by atoms with Gasteiger partial charge in [-0.1, -0.05) is 35.3 Å². The molecule has 1 N–H and O–H groups in total. The molecule has 0 saturated heterocycles. The Bertz CT molecular complexity index is 621. The topological polar surface area (TPSA) is 21.3 Å². The first-order chi connectivity index (χ1) is 10.2. The van der Waals surface area contributed by atoms with E-state index in [1.165, 1.54) is 5.56 Å². The van der Waals surface area contributed by atoms with Crippen LogP contribution in [-0.4, -0.2) is 13.2 Å². The van der Waals surface area contributed by atoms with Crippen molar-refractivity contribution in [3.63, 3.8) is 0 Å². The molecule has 0 aliphatic heterocycles. The molecule has 1 fully saturated rings. The Morgan fingerprint density at radius 1 is 1.05 bits per heavy atom. The molecule has 0 spiro atoms. The summed E-state index contributed by atoms with van der Waals surface area (Å²) in [6.07, 6.45) is 2.23. The van der Waals surface area contributed by atoms with E-state index in [-0.39, 0.29) is 0 Å². The molecule has 4 heteroatoms. The first kappa shape index (κ1) is 14.6. The summed E-state index contributed by atoms with van der Waals surface area (Å²) in [5.41, 5.74) is 2.33. The highest BCUT2D eigenvalue weighted by atomic mass is 35.5. The number of hydrogen-bond donors (Lipinski definition) is 1. The monoisotopic (exact) mass is 321 g/mol. The van der Waals surface area contributed by atoms with Crippen LogP contribution in [0.4, 0.5) is 5.69 Å². The molecule has 21 heavy (non-hydrogen) atoms. The van der Waals surface area contributed by atoms with E-state index in [2.05, 4.69) is 17.4 Å². The van der Waals surface area contributed by atoms with Crippen molar-refractivity contribution in [2.45, 2.75) is 24.8 Å². The van der Waals surface area contributed by atoms with Gasteiger partial charge in [-0.15, -0.1) is 0 Å². The average Bonchev–Trinajstić information content (AvgIpc) is 2.44. The van der Waals surface area contributed by atoms with E-state index >= 15 is 0 Å². The first-order valence-electron chi connectivity index (χ1n) is 7.01. The maximum Gasteiger partial charge on any atom is 0.118 e. The van der Waals surface area contributed by atoms with Gasteiger partial charge in [0.25, 0.3) is 0 Å². The van der Waals surface area contributed by atoms with Crippen LogP contribution in [0, 0.1) is 0 Å². The maximum absolute atomic E-state index is 6.18. The number of nitrogens with one attached hydrogen (secondary N) is 1. The molecule has 2 nitrogen and oxygen atoms in total. The largest absolute Gasteiger partial charge is 0.497 e. The van der Waals surface area contributed by atoms with Crippen LogP contribution in [0.2, 0.25) is 10.0 Å². The second-order valence-electron chi connectivity index (χ2n) is 5.41. The van der Waals surface area contributed by atoms with E-state index in [9.17, 15) is 0 Å². The Balaban J connectivity index is 1.57. The maximum atomic E-state index is 6.18. The van der Waals surface area contributed by atoms with E-state index in [0.717, 1.165) is 24.3 Å². The molecular weight excluding hydrogens is 305 g/mol. The van der Waals surface area contributed by atoms with Crippen molar-refractivity contribution in [2.75, 3.05) is 12.4 Å². The highest BCUT2D eigenvalue weighted by Crippen LogP contribution is 2.40. The van der Waals surface area contributed by atoms with E-state index < -0.39 is 0 Å². The van der Waals surface area contributed by atoms with Crippen LogP contribution in [-0.2, 0) is 0 Å². The molecule has 0 amide bonds. The molecule has 0 unspecified atom stereocenters. The summed E-state index contributed by atoms with van der Waals surface area (Å²) >= 11 is 12.1.